The summed E-state index contributed by atoms with van der Waals surface area (Å²) >= 11 is 0. The summed E-state index contributed by atoms with van der Waals surface area (Å²) in [4.78, 5) is 15.1. The van der Waals surface area contributed by atoms with Gasteiger partial charge in [-0.2, -0.15) is 0 Å². The quantitative estimate of drug-likeness (QED) is 0.838. The number of halogens is 1. The van der Waals surface area contributed by atoms with Crippen molar-refractivity contribution >= 4 is 5.91 Å². The zero-order valence-corrected chi connectivity index (χ0v) is 13.6. The summed E-state index contributed by atoms with van der Waals surface area (Å²) in [6.07, 6.45) is 0.412. The Morgan fingerprint density at radius 3 is 2.83 bits per heavy atom. The number of fused-ring (bicyclic) bond motifs is 1. The molecule has 0 aromatic heterocycles. The first-order chi connectivity index (χ1) is 11.6. The molecule has 3 heterocycles. The Morgan fingerprint density at radius 2 is 2.21 bits per heavy atom. The Labute approximate surface area is 140 Å². The molecule has 1 aromatic carbocycles. The Kier molecular flexibility index (Phi) is 3.86. The predicted molar refractivity (Wildman–Crippen MR) is 85.8 cm³/mol. The van der Waals surface area contributed by atoms with Gasteiger partial charge in [0.05, 0.1) is 25.2 Å². The minimum absolute atomic E-state index is 0.0417. The van der Waals surface area contributed by atoms with E-state index in [4.69, 9.17) is 4.74 Å². The van der Waals surface area contributed by atoms with Crippen LogP contribution in [0.25, 0.3) is 0 Å². The fraction of sp³-hybridized carbons (Fsp3) is 0.611. The average molecular weight is 334 g/mol. The van der Waals surface area contributed by atoms with E-state index >= 15 is 0 Å². The summed E-state index contributed by atoms with van der Waals surface area (Å²) in [5.41, 5.74) is -0.295. The molecule has 2 atom stereocenters. The van der Waals surface area contributed by atoms with E-state index in [1.54, 1.807) is 18.2 Å². The minimum atomic E-state index is -0.571. The maximum Gasteiger partial charge on any atom is 0.231 e. The number of carbonyl (C=O) groups excluding carboxylic acids is 1. The van der Waals surface area contributed by atoms with Crippen molar-refractivity contribution in [2.45, 2.75) is 6.42 Å². The molecule has 1 amide bonds. The summed E-state index contributed by atoms with van der Waals surface area (Å²) in [6.45, 7) is 3.46. The SMILES string of the molecule is O=C(N1C[C@H]2COC[C@@]2(CO)C1)C1(Cc2ccccc2F)CNC1. The van der Waals surface area contributed by atoms with Gasteiger partial charge in [0, 0.05) is 37.5 Å². The molecule has 0 bridgehead atoms. The number of rotatable bonds is 4. The summed E-state index contributed by atoms with van der Waals surface area (Å²) in [5, 5.41) is 13.0. The number of hydrogen-bond donors (Lipinski definition) is 2. The number of likely N-dealkylation sites (tertiary alicyclic amines) is 1. The predicted octanol–water partition coefficient (Wildman–Crippen LogP) is 0.425. The second-order valence-corrected chi connectivity index (χ2v) is 7.57. The van der Waals surface area contributed by atoms with Gasteiger partial charge in [0.1, 0.15) is 5.82 Å². The van der Waals surface area contributed by atoms with Crippen LogP contribution in [0.1, 0.15) is 5.56 Å². The molecule has 2 N–H and O–H groups in total. The molecule has 3 saturated heterocycles. The van der Waals surface area contributed by atoms with Gasteiger partial charge in [0.2, 0.25) is 5.91 Å². The van der Waals surface area contributed by atoms with Crippen LogP contribution in [-0.4, -0.2) is 61.9 Å². The van der Waals surface area contributed by atoms with Crippen molar-refractivity contribution in [3.05, 3.63) is 35.6 Å². The van der Waals surface area contributed by atoms with Gasteiger partial charge in [-0.05, 0) is 18.1 Å². The van der Waals surface area contributed by atoms with Crippen LogP contribution in [-0.2, 0) is 16.0 Å². The molecule has 3 aliphatic rings. The number of aliphatic hydroxyl groups excluding tert-OH is 1. The maximum atomic E-state index is 14.0. The van der Waals surface area contributed by atoms with Gasteiger partial charge in [0.15, 0.2) is 0 Å². The van der Waals surface area contributed by atoms with Crippen molar-refractivity contribution in [3.63, 3.8) is 0 Å². The zero-order chi connectivity index (χ0) is 16.8. The second kappa shape index (κ2) is 5.79. The number of nitrogens with one attached hydrogen (secondary N) is 1. The van der Waals surface area contributed by atoms with E-state index in [-0.39, 0.29) is 29.7 Å². The highest BCUT2D eigenvalue weighted by atomic mass is 19.1. The van der Waals surface area contributed by atoms with Gasteiger partial charge in [0.25, 0.3) is 0 Å². The molecule has 0 unspecified atom stereocenters. The van der Waals surface area contributed by atoms with E-state index in [2.05, 4.69) is 5.32 Å². The highest BCUT2D eigenvalue weighted by Gasteiger charge is 2.55. The highest BCUT2D eigenvalue weighted by Crippen LogP contribution is 2.43. The van der Waals surface area contributed by atoms with Crippen LogP contribution < -0.4 is 5.32 Å². The lowest BCUT2D eigenvalue weighted by Crippen LogP contribution is -2.63. The molecular formula is C18H23FN2O3. The van der Waals surface area contributed by atoms with Crippen LogP contribution in [0.4, 0.5) is 4.39 Å². The first kappa shape index (κ1) is 16.0. The number of ether oxygens (including phenoxy) is 1. The normalized spacial score (nSPS) is 30.9. The Morgan fingerprint density at radius 1 is 1.42 bits per heavy atom. The number of carbonyl (C=O) groups is 1. The molecule has 5 nitrogen and oxygen atoms in total. The lowest BCUT2D eigenvalue weighted by atomic mass is 9.75. The fourth-order valence-electron chi connectivity index (χ4n) is 4.33. The Hall–Kier alpha value is -1.50. The van der Waals surface area contributed by atoms with Crippen LogP contribution in [0.3, 0.4) is 0 Å². The van der Waals surface area contributed by atoms with E-state index in [1.807, 2.05) is 4.90 Å². The molecular weight excluding hydrogens is 311 g/mol. The van der Waals surface area contributed by atoms with E-state index in [0.717, 1.165) is 0 Å². The van der Waals surface area contributed by atoms with Gasteiger partial charge >= 0.3 is 0 Å². The van der Waals surface area contributed by atoms with Crippen LogP contribution in [0.5, 0.6) is 0 Å². The van der Waals surface area contributed by atoms with E-state index < -0.39 is 5.41 Å². The number of aliphatic hydroxyl groups is 1. The van der Waals surface area contributed by atoms with Crippen LogP contribution in [0, 0.1) is 22.6 Å². The van der Waals surface area contributed by atoms with Gasteiger partial charge < -0.3 is 20.1 Å². The van der Waals surface area contributed by atoms with Crippen LogP contribution >= 0.6 is 0 Å². The molecule has 6 heteroatoms. The number of nitrogens with zero attached hydrogens (tertiary/aromatic N) is 1. The van der Waals surface area contributed by atoms with Crippen molar-refractivity contribution in [3.8, 4) is 0 Å². The zero-order valence-electron chi connectivity index (χ0n) is 13.6. The lowest BCUT2D eigenvalue weighted by molar-refractivity contribution is -0.145. The Bertz CT molecular complexity index is 649. The standard InChI is InChI=1S/C18H23FN2O3/c19-15-4-2-1-3-13(15)5-17(8-20-9-17)16(23)21-6-14-7-24-12-18(14,10-21)11-22/h1-4,14,20,22H,5-12H2/t14-,18-/m0/s1. The molecule has 0 radical (unpaired) electrons. The molecule has 24 heavy (non-hydrogen) atoms. The smallest absolute Gasteiger partial charge is 0.231 e. The molecule has 3 aliphatic heterocycles. The first-order valence-corrected chi connectivity index (χ1v) is 8.51. The summed E-state index contributed by atoms with van der Waals surface area (Å²) in [7, 11) is 0. The summed E-state index contributed by atoms with van der Waals surface area (Å²) < 4.78 is 19.5. The molecule has 0 aliphatic carbocycles. The Balaban J connectivity index is 1.53. The monoisotopic (exact) mass is 334 g/mol. The van der Waals surface area contributed by atoms with Gasteiger partial charge in [-0.25, -0.2) is 4.39 Å². The number of benzene rings is 1. The van der Waals surface area contributed by atoms with Crippen molar-refractivity contribution in [1.82, 2.24) is 10.2 Å². The third-order valence-corrected chi connectivity index (χ3v) is 5.99. The topological polar surface area (TPSA) is 61.8 Å². The number of amides is 1. The molecule has 0 spiro atoms. The largest absolute Gasteiger partial charge is 0.396 e. The molecule has 130 valence electrons. The lowest BCUT2D eigenvalue weighted by Gasteiger charge is -2.44. The highest BCUT2D eigenvalue weighted by molar-refractivity contribution is 5.85. The van der Waals surface area contributed by atoms with E-state index in [9.17, 15) is 14.3 Å². The number of hydrogen-bond acceptors (Lipinski definition) is 4. The summed E-state index contributed by atoms with van der Waals surface area (Å²) in [5.74, 6) is 0.0202. The average Bonchev–Trinajstić information content (AvgIpc) is 3.09. The van der Waals surface area contributed by atoms with Crippen molar-refractivity contribution in [2.24, 2.45) is 16.7 Å². The third-order valence-electron chi connectivity index (χ3n) is 5.99. The van der Waals surface area contributed by atoms with Gasteiger partial charge in [-0.1, -0.05) is 18.2 Å². The minimum Gasteiger partial charge on any atom is -0.396 e. The molecule has 1 aromatic rings. The third kappa shape index (κ3) is 2.36. The second-order valence-electron chi connectivity index (χ2n) is 7.57. The van der Waals surface area contributed by atoms with Crippen molar-refractivity contribution in [1.29, 1.82) is 0 Å². The molecule has 0 saturated carbocycles. The van der Waals surface area contributed by atoms with Crippen LogP contribution in [0.15, 0.2) is 24.3 Å². The van der Waals surface area contributed by atoms with E-state index in [1.165, 1.54) is 6.07 Å². The maximum absolute atomic E-state index is 14.0. The molecule has 3 fully saturated rings. The summed E-state index contributed by atoms with van der Waals surface area (Å²) in [6, 6.07) is 6.67. The fourth-order valence-corrected chi connectivity index (χ4v) is 4.33. The first-order valence-electron chi connectivity index (χ1n) is 8.51. The van der Waals surface area contributed by atoms with Gasteiger partial charge in [-0.15, -0.1) is 0 Å². The van der Waals surface area contributed by atoms with Crippen molar-refractivity contribution in [2.75, 3.05) is 46.0 Å². The molecule has 4 rings (SSSR count). The van der Waals surface area contributed by atoms with Crippen LogP contribution in [0.2, 0.25) is 0 Å². The van der Waals surface area contributed by atoms with Gasteiger partial charge in [-0.3, -0.25) is 4.79 Å². The van der Waals surface area contributed by atoms with Crippen molar-refractivity contribution < 1.29 is 19.0 Å². The van der Waals surface area contributed by atoms with E-state index in [0.29, 0.717) is 51.4 Å².